The van der Waals surface area contributed by atoms with Gasteiger partial charge in [-0.3, -0.25) is 14.5 Å². The summed E-state index contributed by atoms with van der Waals surface area (Å²) >= 11 is 0. The molecule has 0 spiro atoms. The molecule has 31 heavy (non-hydrogen) atoms. The molecule has 0 fully saturated rings. The number of nitrogens with zero attached hydrogens (tertiary/aromatic N) is 1. The van der Waals surface area contributed by atoms with Gasteiger partial charge < -0.3 is 5.32 Å². The first kappa shape index (κ1) is 22.8. The first-order chi connectivity index (χ1) is 14.7. The third kappa shape index (κ3) is 6.06. The number of alkyl halides is 3. The molecule has 0 radical (unpaired) electrons. The molecule has 1 heterocycles. The fraction of sp³-hybridized carbons (Fsp3) is 0.333. The number of sulfonamides is 1. The molecule has 1 aliphatic rings. The summed E-state index contributed by atoms with van der Waals surface area (Å²) in [5.74, 6) is 0.161. The molecule has 1 amide bonds. The van der Waals surface area contributed by atoms with Gasteiger partial charge in [0.15, 0.2) is 0 Å². The second-order valence-corrected chi connectivity index (χ2v) is 8.76. The summed E-state index contributed by atoms with van der Waals surface area (Å²) in [6, 6.07) is 11.3. The molecule has 2 aromatic rings. The van der Waals surface area contributed by atoms with E-state index in [1.54, 1.807) is 18.2 Å². The molecular formula is C21H22F3N3O3S. The average molecular weight is 453 g/mol. The Hall–Kier alpha value is -2.88. The van der Waals surface area contributed by atoms with E-state index in [2.05, 4.69) is 15.0 Å². The first-order valence-corrected chi connectivity index (χ1v) is 11.2. The van der Waals surface area contributed by atoms with Crippen molar-refractivity contribution >= 4 is 21.8 Å². The quantitative estimate of drug-likeness (QED) is 0.599. The van der Waals surface area contributed by atoms with Gasteiger partial charge in [-0.15, -0.1) is 0 Å². The van der Waals surface area contributed by atoms with Crippen molar-refractivity contribution in [2.45, 2.75) is 43.3 Å². The molecule has 10 heteroatoms. The molecule has 1 aliphatic heterocycles. The van der Waals surface area contributed by atoms with Gasteiger partial charge in [-0.2, -0.15) is 13.2 Å². The Bertz CT molecular complexity index is 1070. The summed E-state index contributed by atoms with van der Waals surface area (Å²) in [7, 11) is -3.54. The van der Waals surface area contributed by atoms with Gasteiger partial charge in [-0.1, -0.05) is 30.7 Å². The zero-order chi connectivity index (χ0) is 22.5. The summed E-state index contributed by atoms with van der Waals surface area (Å²) in [4.78, 5) is 16.4. The third-order valence-corrected chi connectivity index (χ3v) is 6.16. The fourth-order valence-electron chi connectivity index (χ4n) is 3.12. The Labute approximate surface area is 178 Å². The maximum Gasteiger partial charge on any atom is 0.416 e. The summed E-state index contributed by atoms with van der Waals surface area (Å²) in [6.07, 6.45) is -2.02. The number of rotatable bonds is 8. The Kier molecular flexibility index (Phi) is 6.99. The van der Waals surface area contributed by atoms with Gasteiger partial charge in [-0.05, 0) is 42.7 Å². The van der Waals surface area contributed by atoms with Crippen molar-refractivity contribution < 1.29 is 26.4 Å². The second-order valence-electron chi connectivity index (χ2n) is 7.11. The van der Waals surface area contributed by atoms with Gasteiger partial charge in [0.25, 0.3) is 10.0 Å². The van der Waals surface area contributed by atoms with Crippen LogP contribution in [0.4, 0.5) is 13.2 Å². The lowest BCUT2D eigenvalue weighted by Crippen LogP contribution is -2.22. The SMILES string of the molecule is O=C(CCCCCN=C1NS(=O)(=O)c2ccccc21)NCc1ccc(C(F)(F)F)cc1. The molecule has 2 aromatic carbocycles. The highest BCUT2D eigenvalue weighted by atomic mass is 32.2. The van der Waals surface area contributed by atoms with Crippen molar-refractivity contribution in [3.8, 4) is 0 Å². The number of hydrogen-bond acceptors (Lipinski definition) is 4. The van der Waals surface area contributed by atoms with E-state index in [1.807, 2.05) is 0 Å². The van der Waals surface area contributed by atoms with E-state index in [4.69, 9.17) is 0 Å². The van der Waals surface area contributed by atoms with Crippen LogP contribution in [0.15, 0.2) is 58.4 Å². The van der Waals surface area contributed by atoms with Crippen LogP contribution < -0.4 is 10.0 Å². The molecule has 0 unspecified atom stereocenters. The van der Waals surface area contributed by atoms with Crippen LogP contribution in [0.2, 0.25) is 0 Å². The van der Waals surface area contributed by atoms with Crippen molar-refractivity contribution in [3.05, 3.63) is 65.2 Å². The van der Waals surface area contributed by atoms with Gasteiger partial charge in [0.05, 0.1) is 10.5 Å². The third-order valence-electron chi connectivity index (χ3n) is 4.77. The molecule has 3 rings (SSSR count). The van der Waals surface area contributed by atoms with E-state index in [0.717, 1.165) is 18.6 Å². The van der Waals surface area contributed by atoms with E-state index in [9.17, 15) is 26.4 Å². The molecule has 166 valence electrons. The Balaban J connectivity index is 1.35. The molecule has 0 atom stereocenters. The van der Waals surface area contributed by atoms with Gasteiger partial charge in [0, 0.05) is 25.1 Å². The van der Waals surface area contributed by atoms with Crippen LogP contribution in [-0.4, -0.2) is 26.7 Å². The van der Waals surface area contributed by atoms with Crippen LogP contribution in [0.5, 0.6) is 0 Å². The Morgan fingerprint density at radius 2 is 1.71 bits per heavy atom. The minimum atomic E-state index is -4.38. The van der Waals surface area contributed by atoms with Gasteiger partial charge in [0.1, 0.15) is 5.84 Å². The lowest BCUT2D eigenvalue weighted by molar-refractivity contribution is -0.137. The number of amidine groups is 1. The van der Waals surface area contributed by atoms with Crippen molar-refractivity contribution in [1.29, 1.82) is 0 Å². The lowest BCUT2D eigenvalue weighted by atomic mass is 10.1. The smallest absolute Gasteiger partial charge is 0.352 e. The van der Waals surface area contributed by atoms with E-state index in [-0.39, 0.29) is 17.3 Å². The van der Waals surface area contributed by atoms with Crippen molar-refractivity contribution in [1.82, 2.24) is 10.0 Å². The molecule has 0 aliphatic carbocycles. The topological polar surface area (TPSA) is 87.6 Å². The van der Waals surface area contributed by atoms with E-state index in [1.165, 1.54) is 18.2 Å². The summed E-state index contributed by atoms with van der Waals surface area (Å²) in [5.41, 5.74) is 0.432. The number of amides is 1. The average Bonchev–Trinajstić information content (AvgIpc) is 2.99. The standard InChI is InChI=1S/C21H22F3N3O3S/c22-21(23,24)16-11-9-15(10-12-16)14-26-19(28)8-2-1-5-13-25-20-17-6-3-4-7-18(17)31(29,30)27-20/h3-4,6-7,9-12H,1-2,5,8,13-14H2,(H,25,27)(H,26,28). The molecule has 0 bridgehead atoms. The van der Waals surface area contributed by atoms with Gasteiger partial charge >= 0.3 is 6.18 Å². The van der Waals surface area contributed by atoms with E-state index >= 15 is 0 Å². The number of aliphatic imine (C=N–C) groups is 1. The maximum absolute atomic E-state index is 12.5. The number of carbonyl (C=O) groups excluding carboxylic acids is 1. The highest BCUT2D eigenvalue weighted by Gasteiger charge is 2.30. The van der Waals surface area contributed by atoms with Crippen molar-refractivity contribution in [2.24, 2.45) is 4.99 Å². The lowest BCUT2D eigenvalue weighted by Gasteiger charge is -2.08. The molecule has 0 saturated carbocycles. The number of benzene rings is 2. The highest BCUT2D eigenvalue weighted by molar-refractivity contribution is 7.90. The number of unbranched alkanes of at least 4 members (excludes halogenated alkanes) is 2. The molecule has 6 nitrogen and oxygen atoms in total. The van der Waals surface area contributed by atoms with Gasteiger partial charge in [0.2, 0.25) is 5.91 Å². The maximum atomic E-state index is 12.5. The van der Waals surface area contributed by atoms with Crippen LogP contribution >= 0.6 is 0 Å². The second kappa shape index (κ2) is 9.51. The molecule has 0 aromatic heterocycles. The van der Waals surface area contributed by atoms with Crippen molar-refractivity contribution in [3.63, 3.8) is 0 Å². The minimum absolute atomic E-state index is 0.171. The normalized spacial score (nSPS) is 16.0. The zero-order valence-electron chi connectivity index (χ0n) is 16.6. The van der Waals surface area contributed by atoms with Gasteiger partial charge in [-0.25, -0.2) is 8.42 Å². The summed E-state index contributed by atoms with van der Waals surface area (Å²) < 4.78 is 64.1. The Morgan fingerprint density at radius 1 is 1.00 bits per heavy atom. The largest absolute Gasteiger partial charge is 0.416 e. The molecule has 2 N–H and O–H groups in total. The van der Waals surface area contributed by atoms with Crippen molar-refractivity contribution in [2.75, 3.05) is 6.54 Å². The summed E-state index contributed by atoms with van der Waals surface area (Å²) in [5, 5.41) is 2.69. The monoisotopic (exact) mass is 453 g/mol. The fourth-order valence-corrected chi connectivity index (χ4v) is 4.37. The molecular weight excluding hydrogens is 431 g/mol. The predicted octanol–water partition coefficient (Wildman–Crippen LogP) is 3.62. The summed E-state index contributed by atoms with van der Waals surface area (Å²) in [6.45, 7) is 0.601. The van der Waals surface area contributed by atoms with E-state index < -0.39 is 21.8 Å². The zero-order valence-corrected chi connectivity index (χ0v) is 17.4. The van der Waals surface area contributed by atoms with Crippen LogP contribution in [0.1, 0.15) is 42.4 Å². The van der Waals surface area contributed by atoms with Crippen LogP contribution in [0.3, 0.4) is 0 Å². The van der Waals surface area contributed by atoms with Crippen LogP contribution in [0.25, 0.3) is 0 Å². The first-order valence-electron chi connectivity index (χ1n) is 9.76. The molecule has 0 saturated heterocycles. The number of hydrogen-bond donors (Lipinski definition) is 2. The minimum Gasteiger partial charge on any atom is -0.352 e. The number of nitrogens with one attached hydrogen (secondary N) is 2. The van der Waals surface area contributed by atoms with Crippen LogP contribution in [-0.2, 0) is 27.5 Å². The Morgan fingerprint density at radius 3 is 2.42 bits per heavy atom. The van der Waals surface area contributed by atoms with E-state index in [0.29, 0.717) is 42.8 Å². The number of halogens is 3. The highest BCUT2D eigenvalue weighted by Crippen LogP contribution is 2.29. The number of carbonyl (C=O) groups is 1. The van der Waals surface area contributed by atoms with Crippen LogP contribution in [0, 0.1) is 0 Å². The number of fused-ring (bicyclic) bond motifs is 1. The predicted molar refractivity (Wildman–Crippen MR) is 110 cm³/mol.